The topological polar surface area (TPSA) is 70.7 Å². The van der Waals surface area contributed by atoms with Crippen LogP contribution in [0.4, 0.5) is 18.0 Å². The number of likely N-dealkylation sites (tertiary alicyclic amines) is 1. The Balaban J connectivity index is 1.62. The quantitative estimate of drug-likeness (QED) is 0.684. The van der Waals surface area contributed by atoms with Crippen LogP contribution >= 0.6 is 0 Å². The lowest BCUT2D eigenvalue weighted by Gasteiger charge is -2.30. The number of alkyl halides is 3. The predicted octanol–water partition coefficient (Wildman–Crippen LogP) is 3.21. The van der Waals surface area contributed by atoms with Crippen molar-refractivity contribution in [2.24, 2.45) is 5.92 Å². The summed E-state index contributed by atoms with van der Waals surface area (Å²) >= 11 is 0. The lowest BCUT2D eigenvalue weighted by atomic mass is 9.99. The highest BCUT2D eigenvalue weighted by molar-refractivity contribution is 5.77. The second-order valence-electron chi connectivity index (χ2n) is 7.44. The molecule has 1 unspecified atom stereocenters. The molecule has 0 aromatic heterocycles. The molecule has 162 valence electrons. The van der Waals surface area contributed by atoms with E-state index in [1.54, 1.807) is 0 Å². The van der Waals surface area contributed by atoms with Crippen LogP contribution in [0.1, 0.15) is 37.3 Å². The van der Waals surface area contributed by atoms with E-state index in [2.05, 4.69) is 39.3 Å². The molecule has 1 saturated heterocycles. The Kier molecular flexibility index (Phi) is 8.75. The first-order valence-corrected chi connectivity index (χ1v) is 9.75. The van der Waals surface area contributed by atoms with Gasteiger partial charge in [-0.05, 0) is 36.4 Å². The largest absolute Gasteiger partial charge is 0.440 e. The van der Waals surface area contributed by atoms with Crippen molar-refractivity contribution in [2.45, 2.75) is 45.5 Å². The van der Waals surface area contributed by atoms with Crippen molar-refractivity contribution < 1.29 is 27.5 Å². The van der Waals surface area contributed by atoms with E-state index in [-0.39, 0.29) is 18.9 Å². The second kappa shape index (κ2) is 11.0. The molecule has 1 heterocycles. The zero-order chi connectivity index (χ0) is 21.3. The van der Waals surface area contributed by atoms with Gasteiger partial charge < -0.3 is 15.4 Å². The Bertz CT molecular complexity index is 665. The zero-order valence-electron chi connectivity index (χ0n) is 16.6. The van der Waals surface area contributed by atoms with Crippen molar-refractivity contribution in [3.8, 4) is 0 Å². The molecule has 2 amide bonds. The number of carbonyl (C=O) groups is 2. The molecule has 0 aliphatic carbocycles. The van der Waals surface area contributed by atoms with Crippen LogP contribution in [0.2, 0.25) is 0 Å². The standard InChI is InChI=1S/C20H28F3N3O3/c1-15-3-2-10-26(12-15)13-17-6-4-16(5-7-17)11-25-18(27)8-9-24-19(28)29-14-20(21,22)23/h4-7,15H,2-3,8-14H2,1H3,(H,24,28)(H,25,27). The number of ether oxygens (including phenoxy) is 1. The Hall–Kier alpha value is -2.29. The predicted molar refractivity (Wildman–Crippen MR) is 102 cm³/mol. The van der Waals surface area contributed by atoms with E-state index >= 15 is 0 Å². The van der Waals surface area contributed by atoms with Crippen LogP contribution in [0.15, 0.2) is 24.3 Å². The molecule has 1 aromatic carbocycles. The number of hydrogen-bond donors (Lipinski definition) is 2. The molecule has 1 aliphatic heterocycles. The Morgan fingerprint density at radius 3 is 2.52 bits per heavy atom. The fourth-order valence-electron chi connectivity index (χ4n) is 3.22. The van der Waals surface area contributed by atoms with Gasteiger partial charge in [0.05, 0.1) is 0 Å². The SMILES string of the molecule is CC1CCCN(Cc2ccc(CNC(=O)CCNC(=O)OCC(F)(F)F)cc2)C1. The highest BCUT2D eigenvalue weighted by atomic mass is 19.4. The van der Waals surface area contributed by atoms with E-state index in [9.17, 15) is 22.8 Å². The third-order valence-corrected chi connectivity index (χ3v) is 4.65. The molecule has 9 heteroatoms. The molecule has 2 rings (SSSR count). The number of piperidine rings is 1. The van der Waals surface area contributed by atoms with Crippen LogP contribution in [0.3, 0.4) is 0 Å². The van der Waals surface area contributed by atoms with E-state index in [4.69, 9.17) is 0 Å². The summed E-state index contributed by atoms with van der Waals surface area (Å²) in [5.74, 6) is 0.423. The monoisotopic (exact) mass is 415 g/mol. The number of hydrogen-bond acceptors (Lipinski definition) is 4. The summed E-state index contributed by atoms with van der Waals surface area (Å²) in [6.07, 6.45) is -3.30. The first kappa shape index (κ1) is 23.0. The van der Waals surface area contributed by atoms with Crippen LogP contribution in [-0.4, -0.2) is 49.3 Å². The average Bonchev–Trinajstić information content (AvgIpc) is 2.65. The van der Waals surface area contributed by atoms with Crippen LogP contribution in [0, 0.1) is 5.92 Å². The van der Waals surface area contributed by atoms with Gasteiger partial charge in [-0.1, -0.05) is 31.2 Å². The van der Waals surface area contributed by atoms with Gasteiger partial charge in [0.25, 0.3) is 0 Å². The molecular weight excluding hydrogens is 387 g/mol. The van der Waals surface area contributed by atoms with Gasteiger partial charge in [-0.25, -0.2) is 4.79 Å². The smallest absolute Gasteiger partial charge is 0.422 e. The Morgan fingerprint density at radius 2 is 1.86 bits per heavy atom. The molecule has 29 heavy (non-hydrogen) atoms. The molecule has 6 nitrogen and oxygen atoms in total. The maximum atomic E-state index is 11.9. The number of alkyl carbamates (subject to hydrolysis) is 1. The van der Waals surface area contributed by atoms with Crippen LogP contribution in [0.5, 0.6) is 0 Å². The molecule has 0 radical (unpaired) electrons. The van der Waals surface area contributed by atoms with Crippen LogP contribution < -0.4 is 10.6 Å². The average molecular weight is 415 g/mol. The third-order valence-electron chi connectivity index (χ3n) is 4.65. The van der Waals surface area contributed by atoms with Gasteiger partial charge in [0.1, 0.15) is 0 Å². The summed E-state index contributed by atoms with van der Waals surface area (Å²) < 4.78 is 39.7. The molecule has 2 N–H and O–H groups in total. The summed E-state index contributed by atoms with van der Waals surface area (Å²) in [6.45, 7) is 4.04. The number of halogens is 3. The number of nitrogens with zero attached hydrogens (tertiary/aromatic N) is 1. The molecular formula is C20H28F3N3O3. The van der Waals surface area contributed by atoms with E-state index in [0.717, 1.165) is 31.1 Å². The summed E-state index contributed by atoms with van der Waals surface area (Å²) in [6, 6.07) is 8.05. The molecule has 1 fully saturated rings. The first-order chi connectivity index (χ1) is 13.7. The van der Waals surface area contributed by atoms with Crippen LogP contribution in [-0.2, 0) is 22.6 Å². The van der Waals surface area contributed by atoms with Gasteiger partial charge in [-0.3, -0.25) is 9.69 Å². The lowest BCUT2D eigenvalue weighted by Crippen LogP contribution is -2.33. The number of nitrogens with one attached hydrogen (secondary N) is 2. The minimum Gasteiger partial charge on any atom is -0.440 e. The van der Waals surface area contributed by atoms with Gasteiger partial charge in [0.2, 0.25) is 5.91 Å². The normalized spacial score (nSPS) is 17.6. The van der Waals surface area contributed by atoms with Gasteiger partial charge in [0, 0.05) is 32.6 Å². The number of rotatable bonds is 8. The molecule has 1 atom stereocenters. The van der Waals surface area contributed by atoms with Gasteiger partial charge >= 0.3 is 12.3 Å². The van der Waals surface area contributed by atoms with Gasteiger partial charge in [-0.2, -0.15) is 13.2 Å². The van der Waals surface area contributed by atoms with Crippen molar-refractivity contribution >= 4 is 12.0 Å². The zero-order valence-corrected chi connectivity index (χ0v) is 16.6. The Labute approximate surface area is 168 Å². The summed E-state index contributed by atoms with van der Waals surface area (Å²) in [5.41, 5.74) is 2.18. The van der Waals surface area contributed by atoms with Crippen molar-refractivity contribution in [3.63, 3.8) is 0 Å². The minimum absolute atomic E-state index is 0.0493. The number of benzene rings is 1. The molecule has 1 aliphatic rings. The van der Waals surface area contributed by atoms with Crippen molar-refractivity contribution in [1.29, 1.82) is 0 Å². The molecule has 0 spiro atoms. The highest BCUT2D eigenvalue weighted by Gasteiger charge is 2.29. The van der Waals surface area contributed by atoms with E-state index in [1.807, 2.05) is 12.1 Å². The van der Waals surface area contributed by atoms with E-state index in [0.29, 0.717) is 6.54 Å². The van der Waals surface area contributed by atoms with Crippen molar-refractivity contribution in [2.75, 3.05) is 26.2 Å². The Morgan fingerprint density at radius 1 is 1.17 bits per heavy atom. The lowest BCUT2D eigenvalue weighted by molar-refractivity contribution is -0.160. The van der Waals surface area contributed by atoms with Crippen LogP contribution in [0.25, 0.3) is 0 Å². The van der Waals surface area contributed by atoms with E-state index in [1.165, 1.54) is 18.4 Å². The number of amides is 2. The third kappa shape index (κ3) is 9.65. The maximum Gasteiger partial charge on any atom is 0.422 e. The summed E-state index contributed by atoms with van der Waals surface area (Å²) in [5, 5.41) is 4.82. The van der Waals surface area contributed by atoms with Gasteiger partial charge in [-0.15, -0.1) is 0 Å². The minimum atomic E-state index is -4.57. The van der Waals surface area contributed by atoms with E-state index < -0.39 is 18.9 Å². The fraction of sp³-hybridized carbons (Fsp3) is 0.600. The highest BCUT2D eigenvalue weighted by Crippen LogP contribution is 2.18. The van der Waals surface area contributed by atoms with Crippen molar-refractivity contribution in [3.05, 3.63) is 35.4 Å². The summed E-state index contributed by atoms with van der Waals surface area (Å²) in [7, 11) is 0. The summed E-state index contributed by atoms with van der Waals surface area (Å²) in [4.78, 5) is 25.3. The molecule has 1 aromatic rings. The second-order valence-corrected chi connectivity index (χ2v) is 7.44. The van der Waals surface area contributed by atoms with Crippen molar-refractivity contribution in [1.82, 2.24) is 15.5 Å². The first-order valence-electron chi connectivity index (χ1n) is 9.75. The maximum absolute atomic E-state index is 11.9. The fourth-order valence-corrected chi connectivity index (χ4v) is 3.22. The molecule has 0 saturated carbocycles. The van der Waals surface area contributed by atoms with Gasteiger partial charge in [0.15, 0.2) is 6.61 Å². The molecule has 0 bridgehead atoms. The number of carbonyl (C=O) groups excluding carboxylic acids is 2.